The largest absolute Gasteiger partial charge is 0.331 e. The molecule has 3 aromatic rings. The highest BCUT2D eigenvalue weighted by atomic mass is 35.5. The molecule has 0 saturated heterocycles. The summed E-state index contributed by atoms with van der Waals surface area (Å²) < 4.78 is 2.86. The molecule has 0 aliphatic rings. The van der Waals surface area contributed by atoms with Crippen LogP contribution in [0.15, 0.2) is 35.7 Å². The Morgan fingerprint density at radius 1 is 1.33 bits per heavy atom. The topological polar surface area (TPSA) is 20.7 Å². The van der Waals surface area contributed by atoms with E-state index in [2.05, 4.69) is 27.1 Å². The van der Waals surface area contributed by atoms with Crippen molar-refractivity contribution in [2.45, 2.75) is 13.0 Å². The van der Waals surface area contributed by atoms with Gasteiger partial charge in [0.25, 0.3) is 0 Å². The minimum Gasteiger partial charge on any atom is -0.331 e. The third-order valence-corrected chi connectivity index (χ3v) is 4.39. The van der Waals surface area contributed by atoms with Gasteiger partial charge < -0.3 is 9.55 Å². The third kappa shape index (κ3) is 2.23. The minimum absolute atomic E-state index is 0.737. The zero-order valence-electron chi connectivity index (χ0n) is 9.52. The second-order valence-corrected chi connectivity index (χ2v) is 5.93. The summed E-state index contributed by atoms with van der Waals surface area (Å²) in [4.78, 5) is 4.58. The van der Waals surface area contributed by atoms with Gasteiger partial charge in [0.1, 0.15) is 0 Å². The van der Waals surface area contributed by atoms with E-state index in [0.717, 1.165) is 33.8 Å². The first kappa shape index (κ1) is 12.0. The number of imidazole rings is 1. The first-order chi connectivity index (χ1) is 8.74. The molecular formula is C13H11ClN2S2. The summed E-state index contributed by atoms with van der Waals surface area (Å²) in [5.74, 6) is 0. The normalized spacial score (nSPS) is 11.2. The molecule has 0 amide bonds. The van der Waals surface area contributed by atoms with Crippen molar-refractivity contribution in [1.82, 2.24) is 9.55 Å². The Labute approximate surface area is 119 Å². The van der Waals surface area contributed by atoms with E-state index in [-0.39, 0.29) is 0 Å². The number of nitrogens with one attached hydrogen (secondary N) is 1. The molecule has 0 fully saturated rings. The van der Waals surface area contributed by atoms with Crippen LogP contribution in [0.3, 0.4) is 0 Å². The monoisotopic (exact) mass is 294 g/mol. The first-order valence-corrected chi connectivity index (χ1v) is 7.31. The zero-order valence-corrected chi connectivity index (χ0v) is 11.9. The average Bonchev–Trinajstić information content (AvgIpc) is 2.94. The van der Waals surface area contributed by atoms with Crippen LogP contribution in [0.2, 0.25) is 5.02 Å². The number of H-pyrrole nitrogens is 1. The number of fused-ring (bicyclic) bond motifs is 1. The van der Waals surface area contributed by atoms with E-state index in [1.807, 2.05) is 18.2 Å². The number of aromatic amines is 1. The van der Waals surface area contributed by atoms with Crippen LogP contribution in [0.4, 0.5) is 0 Å². The molecule has 2 heterocycles. The van der Waals surface area contributed by atoms with Gasteiger partial charge in [-0.15, -0.1) is 11.3 Å². The number of halogens is 1. The van der Waals surface area contributed by atoms with E-state index in [1.165, 1.54) is 4.88 Å². The van der Waals surface area contributed by atoms with Crippen molar-refractivity contribution in [1.29, 1.82) is 0 Å². The predicted molar refractivity (Wildman–Crippen MR) is 80.2 cm³/mol. The van der Waals surface area contributed by atoms with Crippen LogP contribution in [0.5, 0.6) is 0 Å². The highest BCUT2D eigenvalue weighted by Gasteiger charge is 2.05. The maximum absolute atomic E-state index is 6.04. The fraction of sp³-hybridized carbons (Fsp3) is 0.154. The van der Waals surface area contributed by atoms with Gasteiger partial charge in [0.15, 0.2) is 4.77 Å². The van der Waals surface area contributed by atoms with Gasteiger partial charge in [0.2, 0.25) is 0 Å². The van der Waals surface area contributed by atoms with E-state index in [4.69, 9.17) is 23.8 Å². The number of aryl methyl sites for hydroxylation is 2. The van der Waals surface area contributed by atoms with Crippen molar-refractivity contribution in [3.05, 3.63) is 50.4 Å². The lowest BCUT2D eigenvalue weighted by Crippen LogP contribution is -2.00. The van der Waals surface area contributed by atoms with Gasteiger partial charge in [-0.25, -0.2) is 0 Å². The summed E-state index contributed by atoms with van der Waals surface area (Å²) in [6.07, 6.45) is 0.992. The van der Waals surface area contributed by atoms with Crippen molar-refractivity contribution < 1.29 is 0 Å². The fourth-order valence-electron chi connectivity index (χ4n) is 2.02. The Morgan fingerprint density at radius 3 is 3.00 bits per heavy atom. The molecule has 1 aromatic carbocycles. The number of benzene rings is 1. The van der Waals surface area contributed by atoms with Crippen LogP contribution in [-0.4, -0.2) is 9.55 Å². The zero-order chi connectivity index (χ0) is 12.5. The summed E-state index contributed by atoms with van der Waals surface area (Å²) in [5, 5.41) is 2.84. The maximum atomic E-state index is 6.04. The molecule has 0 bridgehead atoms. The van der Waals surface area contributed by atoms with Gasteiger partial charge in [-0.3, -0.25) is 0 Å². The number of thiophene rings is 1. The van der Waals surface area contributed by atoms with Crippen LogP contribution in [0.1, 0.15) is 4.88 Å². The molecule has 0 aliphatic carbocycles. The third-order valence-electron chi connectivity index (χ3n) is 2.90. The molecule has 2 nitrogen and oxygen atoms in total. The SMILES string of the molecule is S=c1[nH]c2ccc(Cl)cc2n1CCc1cccs1. The molecule has 3 rings (SSSR count). The first-order valence-electron chi connectivity index (χ1n) is 5.64. The van der Waals surface area contributed by atoms with E-state index < -0.39 is 0 Å². The van der Waals surface area contributed by atoms with Crippen LogP contribution in [0.25, 0.3) is 11.0 Å². The summed E-state index contributed by atoms with van der Waals surface area (Å²) in [6.45, 7) is 0.875. The quantitative estimate of drug-likeness (QED) is 0.697. The van der Waals surface area contributed by atoms with E-state index in [1.54, 1.807) is 11.3 Å². The van der Waals surface area contributed by atoms with Gasteiger partial charge in [-0.2, -0.15) is 0 Å². The summed E-state index contributed by atoms with van der Waals surface area (Å²) >= 11 is 13.2. The van der Waals surface area contributed by atoms with Crippen molar-refractivity contribution in [2.24, 2.45) is 0 Å². The van der Waals surface area contributed by atoms with Crippen molar-refractivity contribution in [2.75, 3.05) is 0 Å². The lowest BCUT2D eigenvalue weighted by Gasteiger charge is -2.03. The summed E-state index contributed by atoms with van der Waals surface area (Å²) in [7, 11) is 0. The molecule has 92 valence electrons. The molecular weight excluding hydrogens is 284 g/mol. The number of aromatic nitrogens is 2. The van der Waals surface area contributed by atoms with Gasteiger partial charge in [-0.05, 0) is 48.3 Å². The Kier molecular flexibility index (Phi) is 3.24. The van der Waals surface area contributed by atoms with E-state index in [9.17, 15) is 0 Å². The van der Waals surface area contributed by atoms with Crippen LogP contribution in [0, 0.1) is 4.77 Å². The standard InChI is InChI=1S/C13H11ClN2S2/c14-9-3-4-11-12(8-9)16(13(17)15-11)6-5-10-2-1-7-18-10/h1-4,7-8H,5-6H2,(H,15,17). The number of hydrogen-bond donors (Lipinski definition) is 1. The second-order valence-electron chi connectivity index (χ2n) is 4.07. The number of nitrogens with zero attached hydrogens (tertiary/aromatic N) is 1. The molecule has 0 aliphatic heterocycles. The Hall–Kier alpha value is -1.10. The smallest absolute Gasteiger partial charge is 0.178 e. The van der Waals surface area contributed by atoms with Crippen molar-refractivity contribution >= 4 is 46.2 Å². The summed E-state index contributed by atoms with van der Waals surface area (Å²) in [6, 6.07) is 10.0. The van der Waals surface area contributed by atoms with Gasteiger partial charge in [0, 0.05) is 16.4 Å². The molecule has 18 heavy (non-hydrogen) atoms. The van der Waals surface area contributed by atoms with Crippen LogP contribution >= 0.6 is 35.2 Å². The molecule has 0 radical (unpaired) electrons. The molecule has 5 heteroatoms. The predicted octanol–water partition coefficient (Wildman–Crippen LogP) is 4.66. The number of hydrogen-bond acceptors (Lipinski definition) is 2. The summed E-state index contributed by atoms with van der Waals surface area (Å²) in [5.41, 5.74) is 2.11. The van der Waals surface area contributed by atoms with Crippen molar-refractivity contribution in [3.63, 3.8) is 0 Å². The fourth-order valence-corrected chi connectivity index (χ4v) is 3.19. The Bertz CT molecular complexity index is 725. The van der Waals surface area contributed by atoms with Crippen LogP contribution < -0.4 is 0 Å². The van der Waals surface area contributed by atoms with E-state index >= 15 is 0 Å². The Morgan fingerprint density at radius 2 is 2.22 bits per heavy atom. The van der Waals surface area contributed by atoms with E-state index in [0.29, 0.717) is 0 Å². The van der Waals surface area contributed by atoms with Gasteiger partial charge >= 0.3 is 0 Å². The highest BCUT2D eigenvalue weighted by molar-refractivity contribution is 7.71. The Balaban J connectivity index is 1.98. The van der Waals surface area contributed by atoms with Crippen LogP contribution in [-0.2, 0) is 13.0 Å². The number of rotatable bonds is 3. The molecule has 2 aromatic heterocycles. The van der Waals surface area contributed by atoms with Crippen molar-refractivity contribution in [3.8, 4) is 0 Å². The minimum atomic E-state index is 0.737. The molecule has 1 N–H and O–H groups in total. The second kappa shape index (κ2) is 4.88. The molecule has 0 spiro atoms. The molecule has 0 unspecified atom stereocenters. The highest BCUT2D eigenvalue weighted by Crippen LogP contribution is 2.20. The lowest BCUT2D eigenvalue weighted by atomic mass is 10.3. The maximum Gasteiger partial charge on any atom is 0.178 e. The molecule has 0 saturated carbocycles. The average molecular weight is 295 g/mol. The van der Waals surface area contributed by atoms with Gasteiger partial charge in [-0.1, -0.05) is 17.7 Å². The van der Waals surface area contributed by atoms with Gasteiger partial charge in [0.05, 0.1) is 11.0 Å². The lowest BCUT2D eigenvalue weighted by molar-refractivity contribution is 0.712. The molecule has 0 atom stereocenters.